The lowest BCUT2D eigenvalue weighted by molar-refractivity contribution is 0.102. The van der Waals surface area contributed by atoms with Gasteiger partial charge in [0.15, 0.2) is 0 Å². The molecule has 2 fully saturated rings. The molecule has 0 aromatic rings. The van der Waals surface area contributed by atoms with E-state index in [2.05, 4.69) is 32.6 Å². The van der Waals surface area contributed by atoms with Crippen LogP contribution in [-0.2, 0) is 0 Å². The highest BCUT2D eigenvalue weighted by molar-refractivity contribution is 4.92. The third kappa shape index (κ3) is 3.95. The van der Waals surface area contributed by atoms with Crippen LogP contribution in [-0.4, -0.2) is 30.6 Å². The molecular formula is C17H34N2. The normalized spacial score (nSPS) is 35.8. The van der Waals surface area contributed by atoms with Crippen molar-refractivity contribution in [3.8, 4) is 0 Å². The predicted octanol–water partition coefficient (Wildman–Crippen LogP) is 3.65. The summed E-state index contributed by atoms with van der Waals surface area (Å²) in [7, 11) is 0. The molecule has 2 heteroatoms. The van der Waals surface area contributed by atoms with Gasteiger partial charge in [0, 0.05) is 12.6 Å². The zero-order valence-corrected chi connectivity index (χ0v) is 13.5. The molecule has 0 aromatic carbocycles. The first-order valence-electron chi connectivity index (χ1n) is 8.28. The highest BCUT2D eigenvalue weighted by Crippen LogP contribution is 2.38. The van der Waals surface area contributed by atoms with Crippen molar-refractivity contribution in [1.29, 1.82) is 0 Å². The summed E-state index contributed by atoms with van der Waals surface area (Å²) in [5.74, 6) is 0.713. The molecule has 0 amide bonds. The van der Waals surface area contributed by atoms with E-state index in [-0.39, 0.29) is 0 Å². The van der Waals surface area contributed by atoms with Gasteiger partial charge in [-0.3, -0.25) is 0 Å². The Bertz CT molecular complexity index is 296. The van der Waals surface area contributed by atoms with Gasteiger partial charge in [-0.15, -0.1) is 0 Å². The fourth-order valence-corrected chi connectivity index (χ4v) is 4.00. The summed E-state index contributed by atoms with van der Waals surface area (Å²) < 4.78 is 0. The summed E-state index contributed by atoms with van der Waals surface area (Å²) in [6.45, 7) is 13.4. The summed E-state index contributed by atoms with van der Waals surface area (Å²) in [6.07, 6.45) is 8.09. The van der Waals surface area contributed by atoms with Crippen molar-refractivity contribution >= 4 is 0 Å². The predicted molar refractivity (Wildman–Crippen MR) is 83.2 cm³/mol. The van der Waals surface area contributed by atoms with Gasteiger partial charge in [0.25, 0.3) is 0 Å². The zero-order chi connectivity index (χ0) is 14.1. The quantitative estimate of drug-likeness (QED) is 0.826. The molecule has 0 spiro atoms. The minimum absolute atomic E-state index is 0.341. The largest absolute Gasteiger partial charge is 0.327 e. The van der Waals surface area contributed by atoms with E-state index in [1.807, 2.05) is 0 Å². The Morgan fingerprint density at radius 3 is 2.47 bits per heavy atom. The molecular weight excluding hydrogens is 232 g/mol. The fraction of sp³-hybridized carbons (Fsp3) is 1.00. The maximum Gasteiger partial charge on any atom is 0.0131 e. The summed E-state index contributed by atoms with van der Waals surface area (Å²) in [6, 6.07) is 0.387. The lowest BCUT2D eigenvalue weighted by atomic mass is 9.68. The van der Waals surface area contributed by atoms with E-state index in [9.17, 15) is 0 Å². The topological polar surface area (TPSA) is 29.3 Å². The second-order valence-electron chi connectivity index (χ2n) is 8.49. The van der Waals surface area contributed by atoms with Crippen LogP contribution in [0.25, 0.3) is 0 Å². The molecule has 1 aliphatic carbocycles. The Morgan fingerprint density at radius 2 is 1.74 bits per heavy atom. The summed E-state index contributed by atoms with van der Waals surface area (Å²) in [5.41, 5.74) is 7.43. The average Bonchev–Trinajstić information content (AvgIpc) is 2.47. The van der Waals surface area contributed by atoms with Crippen LogP contribution < -0.4 is 5.73 Å². The van der Waals surface area contributed by atoms with Gasteiger partial charge in [0.2, 0.25) is 0 Å². The number of nitrogens with zero attached hydrogens (tertiary/aromatic N) is 1. The van der Waals surface area contributed by atoms with Crippen LogP contribution in [0.1, 0.15) is 66.2 Å². The van der Waals surface area contributed by atoms with Crippen molar-refractivity contribution in [3.63, 3.8) is 0 Å². The molecule has 1 saturated heterocycles. The Morgan fingerprint density at radius 1 is 1.00 bits per heavy atom. The van der Waals surface area contributed by atoms with Crippen LogP contribution in [0.15, 0.2) is 0 Å². The molecule has 2 unspecified atom stereocenters. The molecule has 112 valence electrons. The van der Waals surface area contributed by atoms with Gasteiger partial charge in [-0.05, 0) is 61.9 Å². The first kappa shape index (κ1) is 15.3. The van der Waals surface area contributed by atoms with Gasteiger partial charge >= 0.3 is 0 Å². The SMILES string of the molecule is CC1(C)CCCN(CC2CCCC(C)(C)C2N)CC1. The highest BCUT2D eigenvalue weighted by atomic mass is 15.1. The van der Waals surface area contributed by atoms with Crippen molar-refractivity contribution in [2.75, 3.05) is 19.6 Å². The molecule has 19 heavy (non-hydrogen) atoms. The molecule has 2 atom stereocenters. The van der Waals surface area contributed by atoms with Crippen molar-refractivity contribution in [2.45, 2.75) is 72.3 Å². The standard InChI is InChI=1S/C17H34N2/c1-16(2)8-6-11-19(12-10-16)13-14-7-5-9-17(3,4)15(14)18/h14-15H,5-13,18H2,1-4H3. The van der Waals surface area contributed by atoms with Crippen LogP contribution in [0, 0.1) is 16.7 Å². The number of hydrogen-bond acceptors (Lipinski definition) is 2. The lowest BCUT2D eigenvalue weighted by Crippen LogP contribution is -2.50. The fourth-order valence-electron chi connectivity index (χ4n) is 4.00. The van der Waals surface area contributed by atoms with E-state index in [0.29, 0.717) is 22.8 Å². The third-order valence-electron chi connectivity index (χ3n) is 5.73. The second-order valence-corrected chi connectivity index (χ2v) is 8.49. The van der Waals surface area contributed by atoms with E-state index in [1.165, 1.54) is 58.2 Å². The molecule has 0 bridgehead atoms. The van der Waals surface area contributed by atoms with E-state index < -0.39 is 0 Å². The van der Waals surface area contributed by atoms with Crippen LogP contribution in [0.5, 0.6) is 0 Å². The first-order chi connectivity index (χ1) is 8.80. The molecule has 2 N–H and O–H groups in total. The van der Waals surface area contributed by atoms with Gasteiger partial charge in [0.05, 0.1) is 0 Å². The van der Waals surface area contributed by atoms with Crippen LogP contribution in [0.2, 0.25) is 0 Å². The third-order valence-corrected chi connectivity index (χ3v) is 5.73. The smallest absolute Gasteiger partial charge is 0.0131 e. The molecule has 2 nitrogen and oxygen atoms in total. The van der Waals surface area contributed by atoms with Crippen molar-refractivity contribution in [1.82, 2.24) is 4.90 Å². The Hall–Kier alpha value is -0.0800. The Kier molecular flexibility index (Phi) is 4.62. The summed E-state index contributed by atoms with van der Waals surface area (Å²) >= 11 is 0. The second kappa shape index (κ2) is 5.73. The Labute approximate surface area is 120 Å². The van der Waals surface area contributed by atoms with Crippen LogP contribution in [0.4, 0.5) is 0 Å². The zero-order valence-electron chi connectivity index (χ0n) is 13.5. The van der Waals surface area contributed by atoms with E-state index >= 15 is 0 Å². The van der Waals surface area contributed by atoms with E-state index in [4.69, 9.17) is 5.73 Å². The average molecular weight is 266 g/mol. The molecule has 0 aromatic heterocycles. The molecule has 1 saturated carbocycles. The summed E-state index contributed by atoms with van der Waals surface area (Å²) in [5, 5.41) is 0. The molecule has 2 aliphatic rings. The van der Waals surface area contributed by atoms with Crippen molar-refractivity contribution < 1.29 is 0 Å². The van der Waals surface area contributed by atoms with Gasteiger partial charge in [-0.1, -0.05) is 34.1 Å². The molecule has 0 radical (unpaired) electrons. The van der Waals surface area contributed by atoms with Crippen LogP contribution >= 0.6 is 0 Å². The van der Waals surface area contributed by atoms with Gasteiger partial charge in [-0.25, -0.2) is 0 Å². The van der Waals surface area contributed by atoms with Crippen LogP contribution in [0.3, 0.4) is 0 Å². The van der Waals surface area contributed by atoms with E-state index in [1.54, 1.807) is 0 Å². The lowest BCUT2D eigenvalue weighted by Gasteiger charge is -2.43. The maximum absolute atomic E-state index is 6.54. The van der Waals surface area contributed by atoms with Crippen molar-refractivity contribution in [2.24, 2.45) is 22.5 Å². The minimum Gasteiger partial charge on any atom is -0.327 e. The summed E-state index contributed by atoms with van der Waals surface area (Å²) in [4.78, 5) is 2.70. The molecule has 2 rings (SSSR count). The minimum atomic E-state index is 0.341. The van der Waals surface area contributed by atoms with E-state index in [0.717, 1.165) is 0 Å². The molecule has 1 heterocycles. The maximum atomic E-state index is 6.54. The number of rotatable bonds is 2. The number of likely N-dealkylation sites (tertiary alicyclic amines) is 1. The number of nitrogens with two attached hydrogens (primary N) is 1. The first-order valence-corrected chi connectivity index (χ1v) is 8.28. The van der Waals surface area contributed by atoms with Gasteiger partial charge in [-0.2, -0.15) is 0 Å². The number of hydrogen-bond donors (Lipinski definition) is 1. The Balaban J connectivity index is 1.90. The highest BCUT2D eigenvalue weighted by Gasteiger charge is 2.37. The van der Waals surface area contributed by atoms with Gasteiger partial charge in [0.1, 0.15) is 0 Å². The monoisotopic (exact) mass is 266 g/mol. The molecule has 1 aliphatic heterocycles. The van der Waals surface area contributed by atoms with Crippen molar-refractivity contribution in [3.05, 3.63) is 0 Å². The van der Waals surface area contributed by atoms with Gasteiger partial charge < -0.3 is 10.6 Å².